The van der Waals surface area contributed by atoms with Crippen LogP contribution in [0.4, 0.5) is 14.0 Å². The highest BCUT2D eigenvalue weighted by molar-refractivity contribution is 7.91. The molecule has 3 N–H and O–H groups in total. The van der Waals surface area contributed by atoms with Crippen molar-refractivity contribution in [3.63, 3.8) is 0 Å². The molecule has 0 aromatic heterocycles. The molecule has 310 valence electrons. The molecule has 1 aromatic rings. The molecule has 57 heavy (non-hydrogen) atoms. The van der Waals surface area contributed by atoms with Crippen LogP contribution in [0.15, 0.2) is 42.5 Å². The Morgan fingerprint density at radius 2 is 1.84 bits per heavy atom. The van der Waals surface area contributed by atoms with Gasteiger partial charge in [-0.05, 0) is 65.0 Å². The predicted octanol–water partition coefficient (Wildman–Crippen LogP) is 2.44. The molecule has 5 amide bonds. The number of rotatable bonds is 7. The van der Waals surface area contributed by atoms with Gasteiger partial charge in [0, 0.05) is 36.9 Å². The highest BCUT2D eigenvalue weighted by Crippen LogP contribution is 2.46. The quantitative estimate of drug-likeness (QED) is 0.157. The van der Waals surface area contributed by atoms with Gasteiger partial charge in [-0.1, -0.05) is 30.4 Å². The molecule has 0 bridgehead atoms. The number of sulfonamides is 1. The van der Waals surface area contributed by atoms with Gasteiger partial charge in [0.25, 0.3) is 5.91 Å². The summed E-state index contributed by atoms with van der Waals surface area (Å²) in [6.45, 7) is 5.59. The summed E-state index contributed by atoms with van der Waals surface area (Å²) in [6.07, 6.45) is 2.75. The Bertz CT molecular complexity index is 1960. The number of hydrogen-bond acceptors (Lipinski definition) is 12. The summed E-state index contributed by atoms with van der Waals surface area (Å²) in [6, 6.07) is 1.59. The van der Waals surface area contributed by atoms with Crippen molar-refractivity contribution in [3.05, 3.63) is 59.4 Å². The first-order valence-electron chi connectivity index (χ1n) is 18.9. The van der Waals surface area contributed by atoms with E-state index < -0.39 is 105 Å². The number of ether oxygens (including phenoxy) is 4. The zero-order valence-electron chi connectivity index (χ0n) is 32.2. The summed E-state index contributed by atoms with van der Waals surface area (Å²) in [4.78, 5) is 83.9. The van der Waals surface area contributed by atoms with Crippen LogP contribution in [0, 0.1) is 11.7 Å². The normalized spacial score (nSPS) is 27.9. The first-order valence-corrected chi connectivity index (χ1v) is 20.4. The zero-order chi connectivity index (χ0) is 41.3. The average Bonchev–Trinajstić information content (AvgIpc) is 4.01. The van der Waals surface area contributed by atoms with Crippen LogP contribution in [0.1, 0.15) is 77.3 Å². The Kier molecular flexibility index (Phi) is 12.0. The van der Waals surface area contributed by atoms with Gasteiger partial charge in [0.15, 0.2) is 0 Å². The van der Waals surface area contributed by atoms with Gasteiger partial charge in [-0.25, -0.2) is 27.2 Å². The van der Waals surface area contributed by atoms with Crippen molar-refractivity contribution in [2.45, 2.75) is 120 Å². The SMILES string of the molecule is CC=CC(=O)OC1CCC=C[C@@H]2C[C@@]2(C(=O)NS(=O)(=O)C2CC2)NC(=O)[C@@H]2C[C@@H](OC(=O)N3Cc4cccc(F)c4C3)CN2C(=O)[C@@H](NC(=O)OC(C)(C)C)CO1. The van der Waals surface area contributed by atoms with Gasteiger partial charge in [-0.3, -0.25) is 24.0 Å². The fraction of sp³-hybridized carbons (Fsp3) is 0.579. The molecule has 0 radical (unpaired) electrons. The first-order chi connectivity index (χ1) is 26.9. The van der Waals surface area contributed by atoms with E-state index in [-0.39, 0.29) is 45.3 Å². The van der Waals surface area contributed by atoms with Crippen LogP contribution in [0.25, 0.3) is 0 Å². The van der Waals surface area contributed by atoms with Crippen molar-refractivity contribution in [2.75, 3.05) is 13.2 Å². The van der Waals surface area contributed by atoms with Crippen LogP contribution in [-0.4, -0.2) is 108 Å². The second-order valence-electron chi connectivity index (χ2n) is 15.8. The second-order valence-corrected chi connectivity index (χ2v) is 17.8. The topological polar surface area (TPSA) is 216 Å². The fourth-order valence-corrected chi connectivity index (χ4v) is 8.44. The number of benzene rings is 1. The molecule has 0 spiro atoms. The third kappa shape index (κ3) is 9.92. The van der Waals surface area contributed by atoms with Crippen LogP contribution >= 0.6 is 0 Å². The summed E-state index contributed by atoms with van der Waals surface area (Å²) >= 11 is 0. The molecule has 1 unspecified atom stereocenters. The van der Waals surface area contributed by atoms with Gasteiger partial charge >= 0.3 is 18.2 Å². The number of fused-ring (bicyclic) bond motifs is 3. The minimum absolute atomic E-state index is 0.0332. The molecule has 6 rings (SSSR count). The number of nitrogens with zero attached hydrogens (tertiary/aromatic N) is 2. The van der Waals surface area contributed by atoms with Crippen molar-refractivity contribution in [2.24, 2.45) is 5.92 Å². The van der Waals surface area contributed by atoms with E-state index in [9.17, 15) is 41.6 Å². The average molecular weight is 818 g/mol. The van der Waals surface area contributed by atoms with Crippen molar-refractivity contribution in [1.82, 2.24) is 25.2 Å². The van der Waals surface area contributed by atoms with Crippen molar-refractivity contribution in [1.29, 1.82) is 0 Å². The van der Waals surface area contributed by atoms with Crippen LogP contribution in [0.2, 0.25) is 0 Å². The summed E-state index contributed by atoms with van der Waals surface area (Å²) in [5.41, 5.74) is -1.73. The van der Waals surface area contributed by atoms with Gasteiger partial charge < -0.3 is 34.5 Å². The van der Waals surface area contributed by atoms with Crippen LogP contribution in [-0.2, 0) is 61.2 Å². The molecular formula is C38H48FN5O12S. The molecule has 6 atom stereocenters. The van der Waals surface area contributed by atoms with Crippen molar-refractivity contribution < 1.29 is 60.5 Å². The molecule has 5 aliphatic rings. The van der Waals surface area contributed by atoms with Gasteiger partial charge in [0.2, 0.25) is 28.1 Å². The van der Waals surface area contributed by atoms with Gasteiger partial charge in [-0.15, -0.1) is 0 Å². The van der Waals surface area contributed by atoms with Gasteiger partial charge in [0.05, 0.1) is 24.9 Å². The second kappa shape index (κ2) is 16.4. The van der Waals surface area contributed by atoms with E-state index in [2.05, 4.69) is 15.4 Å². The van der Waals surface area contributed by atoms with E-state index >= 15 is 0 Å². The van der Waals surface area contributed by atoms with E-state index in [1.165, 1.54) is 29.2 Å². The smallest absolute Gasteiger partial charge is 0.410 e. The van der Waals surface area contributed by atoms with Crippen molar-refractivity contribution >= 4 is 45.9 Å². The molecule has 1 saturated heterocycles. The third-order valence-corrected chi connectivity index (χ3v) is 12.0. The van der Waals surface area contributed by atoms with Crippen LogP contribution in [0.3, 0.4) is 0 Å². The highest BCUT2D eigenvalue weighted by Gasteiger charge is 2.62. The minimum Gasteiger partial charge on any atom is -0.444 e. The molecule has 1 aromatic carbocycles. The summed E-state index contributed by atoms with van der Waals surface area (Å²) in [5.74, 6) is -4.49. The molecule has 19 heteroatoms. The molecular weight excluding hydrogens is 770 g/mol. The highest BCUT2D eigenvalue weighted by atomic mass is 32.2. The number of carbonyl (C=O) groups is 6. The maximum absolute atomic E-state index is 14.5. The third-order valence-electron chi connectivity index (χ3n) is 10.2. The number of nitrogens with one attached hydrogen (secondary N) is 3. The number of carbonyl (C=O) groups excluding carboxylic acids is 6. The summed E-state index contributed by atoms with van der Waals surface area (Å²) < 4.78 is 64.9. The van der Waals surface area contributed by atoms with Crippen molar-refractivity contribution in [3.8, 4) is 0 Å². The van der Waals surface area contributed by atoms with E-state index in [0.717, 1.165) is 4.90 Å². The van der Waals surface area contributed by atoms with Gasteiger partial charge in [0.1, 0.15) is 35.1 Å². The molecule has 2 saturated carbocycles. The Hall–Kier alpha value is -5.04. The minimum atomic E-state index is -4.01. The number of alkyl carbamates (subject to hydrolysis) is 1. The molecule has 2 aliphatic carbocycles. The Balaban J connectivity index is 1.30. The lowest BCUT2D eigenvalue weighted by Crippen LogP contribution is -2.59. The summed E-state index contributed by atoms with van der Waals surface area (Å²) in [7, 11) is -4.01. The lowest BCUT2D eigenvalue weighted by atomic mass is 10.1. The van der Waals surface area contributed by atoms with Crippen LogP contribution in [0.5, 0.6) is 0 Å². The van der Waals surface area contributed by atoms with E-state index in [0.29, 0.717) is 24.0 Å². The zero-order valence-corrected chi connectivity index (χ0v) is 33.0. The van der Waals surface area contributed by atoms with E-state index in [1.807, 2.05) is 0 Å². The van der Waals surface area contributed by atoms with E-state index in [4.69, 9.17) is 18.9 Å². The van der Waals surface area contributed by atoms with Crippen LogP contribution < -0.4 is 15.4 Å². The Morgan fingerprint density at radius 3 is 2.53 bits per heavy atom. The lowest BCUT2D eigenvalue weighted by Gasteiger charge is -2.30. The molecule has 3 heterocycles. The fourth-order valence-electron chi connectivity index (χ4n) is 7.07. The molecule has 3 aliphatic heterocycles. The van der Waals surface area contributed by atoms with E-state index in [1.54, 1.807) is 45.9 Å². The maximum Gasteiger partial charge on any atom is 0.410 e. The Labute approximate surface area is 329 Å². The standard InChI is InChI=1S/C38H48FN5O12S/c1-5-9-30(45)55-31-13-7-6-11-23-17-38(23,34(48)42-57(51,52)25-14-15-25)41-32(46)29-16-24(54-36(50)43-18-22-10-8-12-27(39)26(22)20-43)19-44(29)33(47)28(21-53-31)40-35(49)56-37(2,3)4/h5-6,8-12,23-25,28-29,31H,7,13-21H2,1-4H3,(H,40,49)(H,41,46)(H,42,48)/t23-,24-,28+,29+,31?,38-/m1/s1. The predicted molar refractivity (Wildman–Crippen MR) is 197 cm³/mol. The number of amides is 5. The number of esters is 1. The Morgan fingerprint density at radius 1 is 1.09 bits per heavy atom. The number of halogens is 1. The largest absolute Gasteiger partial charge is 0.444 e. The van der Waals surface area contributed by atoms with Gasteiger partial charge in [-0.2, -0.15) is 0 Å². The maximum atomic E-state index is 14.5. The lowest BCUT2D eigenvalue weighted by molar-refractivity contribution is -0.177. The summed E-state index contributed by atoms with van der Waals surface area (Å²) in [5, 5.41) is 4.48. The number of allylic oxidation sites excluding steroid dienone is 2. The number of hydrogen-bond donors (Lipinski definition) is 3. The first kappa shape index (κ1) is 41.6. The molecule has 3 fully saturated rings. The molecule has 17 nitrogen and oxygen atoms in total. The monoisotopic (exact) mass is 817 g/mol.